The molecule has 1 aliphatic carbocycles. The van der Waals surface area contributed by atoms with E-state index in [2.05, 4.69) is 10.3 Å². The number of amides is 1. The largest absolute Gasteiger partial charge is 0.348 e. The molecular formula is C14H17ClN2O3. The van der Waals surface area contributed by atoms with Crippen LogP contribution in [0.3, 0.4) is 0 Å². The number of carbonyl (C=O) groups excluding carboxylic acids is 1. The van der Waals surface area contributed by atoms with Gasteiger partial charge in [0.15, 0.2) is 5.79 Å². The van der Waals surface area contributed by atoms with E-state index in [4.69, 9.17) is 21.1 Å². The molecule has 1 saturated heterocycles. The average Bonchev–Trinajstić information content (AvgIpc) is 2.91. The average molecular weight is 297 g/mol. The molecule has 0 bridgehead atoms. The number of halogens is 1. The Kier molecular flexibility index (Phi) is 3.92. The first-order valence-corrected chi connectivity index (χ1v) is 7.25. The summed E-state index contributed by atoms with van der Waals surface area (Å²) >= 11 is 5.76. The molecule has 0 unspecified atom stereocenters. The van der Waals surface area contributed by atoms with E-state index in [-0.39, 0.29) is 17.7 Å². The van der Waals surface area contributed by atoms with Gasteiger partial charge in [-0.25, -0.2) is 4.98 Å². The highest BCUT2D eigenvalue weighted by Crippen LogP contribution is 2.35. The van der Waals surface area contributed by atoms with Gasteiger partial charge in [-0.1, -0.05) is 11.6 Å². The maximum atomic E-state index is 12.1. The lowest BCUT2D eigenvalue weighted by Gasteiger charge is -2.35. The number of carbonyl (C=O) groups is 1. The fourth-order valence-electron chi connectivity index (χ4n) is 2.76. The van der Waals surface area contributed by atoms with E-state index in [9.17, 15) is 4.79 Å². The van der Waals surface area contributed by atoms with Crippen molar-refractivity contribution in [3.8, 4) is 0 Å². The van der Waals surface area contributed by atoms with Gasteiger partial charge >= 0.3 is 0 Å². The molecule has 1 saturated carbocycles. The number of nitrogens with zero attached hydrogens (tertiary/aromatic N) is 1. The standard InChI is InChI=1S/C14H17ClN2O3/c15-10-1-2-12(16-9-10)13(18)17-11-3-5-14(6-4-11)19-7-8-20-14/h1-2,9,11H,3-8H2,(H,17,18). The lowest BCUT2D eigenvalue weighted by atomic mass is 9.90. The molecule has 108 valence electrons. The summed E-state index contributed by atoms with van der Waals surface area (Å²) in [7, 11) is 0. The Balaban J connectivity index is 1.54. The highest BCUT2D eigenvalue weighted by Gasteiger charge is 2.40. The molecule has 6 heteroatoms. The normalized spacial score (nSPS) is 22.1. The third-order valence-electron chi connectivity index (χ3n) is 3.86. The first-order valence-electron chi connectivity index (χ1n) is 6.87. The van der Waals surface area contributed by atoms with Crippen LogP contribution in [0.25, 0.3) is 0 Å². The van der Waals surface area contributed by atoms with E-state index < -0.39 is 0 Å². The van der Waals surface area contributed by atoms with Crippen LogP contribution in [0, 0.1) is 0 Å². The molecule has 2 aliphatic rings. The van der Waals surface area contributed by atoms with E-state index >= 15 is 0 Å². The lowest BCUT2D eigenvalue weighted by Crippen LogP contribution is -2.44. The number of hydrogen-bond donors (Lipinski definition) is 1. The smallest absolute Gasteiger partial charge is 0.270 e. The Labute approximate surface area is 122 Å². The molecule has 0 radical (unpaired) electrons. The molecule has 3 rings (SSSR count). The summed E-state index contributed by atoms with van der Waals surface area (Å²) in [6.45, 7) is 1.34. The van der Waals surface area contributed by atoms with Gasteiger partial charge in [0.25, 0.3) is 5.91 Å². The second-order valence-electron chi connectivity index (χ2n) is 5.22. The molecule has 0 atom stereocenters. The molecular weight excluding hydrogens is 280 g/mol. The van der Waals surface area contributed by atoms with Crippen molar-refractivity contribution in [3.05, 3.63) is 29.0 Å². The van der Waals surface area contributed by atoms with Crippen LogP contribution in [0.15, 0.2) is 18.3 Å². The van der Waals surface area contributed by atoms with Gasteiger partial charge in [-0.3, -0.25) is 4.79 Å². The quantitative estimate of drug-likeness (QED) is 0.908. The van der Waals surface area contributed by atoms with Crippen molar-refractivity contribution in [1.82, 2.24) is 10.3 Å². The van der Waals surface area contributed by atoms with Crippen molar-refractivity contribution in [3.63, 3.8) is 0 Å². The number of rotatable bonds is 2. The van der Waals surface area contributed by atoms with Crippen molar-refractivity contribution < 1.29 is 14.3 Å². The predicted octanol–water partition coefficient (Wildman–Crippen LogP) is 2.15. The number of aromatic nitrogens is 1. The molecule has 1 N–H and O–H groups in total. The first-order chi connectivity index (χ1) is 9.67. The zero-order chi connectivity index (χ0) is 14.0. The number of hydrogen-bond acceptors (Lipinski definition) is 4. The Morgan fingerprint density at radius 3 is 2.60 bits per heavy atom. The zero-order valence-electron chi connectivity index (χ0n) is 11.1. The summed E-state index contributed by atoms with van der Waals surface area (Å²) in [5.74, 6) is -0.546. The van der Waals surface area contributed by atoms with E-state index in [0.29, 0.717) is 23.9 Å². The topological polar surface area (TPSA) is 60.5 Å². The van der Waals surface area contributed by atoms with E-state index in [1.807, 2.05) is 0 Å². The van der Waals surface area contributed by atoms with E-state index in [1.165, 1.54) is 6.20 Å². The van der Waals surface area contributed by atoms with Crippen molar-refractivity contribution in [2.45, 2.75) is 37.5 Å². The summed E-state index contributed by atoms with van der Waals surface area (Å²) in [4.78, 5) is 16.1. The summed E-state index contributed by atoms with van der Waals surface area (Å²) in [6.07, 6.45) is 4.85. The third-order valence-corrected chi connectivity index (χ3v) is 4.08. The van der Waals surface area contributed by atoms with Crippen LogP contribution >= 0.6 is 11.6 Å². The Hall–Kier alpha value is -1.17. The van der Waals surface area contributed by atoms with Crippen LogP contribution in [0.1, 0.15) is 36.2 Å². The maximum Gasteiger partial charge on any atom is 0.270 e. The Morgan fingerprint density at radius 2 is 2.00 bits per heavy atom. The second kappa shape index (κ2) is 5.68. The molecule has 2 heterocycles. The Morgan fingerprint density at radius 1 is 1.30 bits per heavy atom. The predicted molar refractivity (Wildman–Crippen MR) is 73.6 cm³/mol. The molecule has 1 aliphatic heterocycles. The third kappa shape index (κ3) is 2.95. The molecule has 1 aromatic heterocycles. The van der Waals surface area contributed by atoms with Crippen LogP contribution < -0.4 is 5.32 Å². The SMILES string of the molecule is O=C(NC1CCC2(CC1)OCCO2)c1ccc(Cl)cn1. The number of pyridine rings is 1. The van der Waals surface area contributed by atoms with Gasteiger partial charge in [-0.15, -0.1) is 0 Å². The molecule has 1 spiro atoms. The van der Waals surface area contributed by atoms with Crippen molar-refractivity contribution in [2.24, 2.45) is 0 Å². The van der Waals surface area contributed by atoms with E-state index in [0.717, 1.165) is 25.7 Å². The molecule has 1 aromatic rings. The summed E-state index contributed by atoms with van der Waals surface area (Å²) in [5, 5.41) is 3.53. The molecule has 0 aromatic carbocycles. The van der Waals surface area contributed by atoms with Crippen molar-refractivity contribution in [1.29, 1.82) is 0 Å². The summed E-state index contributed by atoms with van der Waals surface area (Å²) in [5.41, 5.74) is 0.392. The van der Waals surface area contributed by atoms with Gasteiger partial charge in [0, 0.05) is 25.1 Å². The number of nitrogens with one attached hydrogen (secondary N) is 1. The minimum Gasteiger partial charge on any atom is -0.348 e. The summed E-state index contributed by atoms with van der Waals surface area (Å²) in [6, 6.07) is 3.45. The lowest BCUT2D eigenvalue weighted by molar-refractivity contribution is -0.179. The monoisotopic (exact) mass is 296 g/mol. The van der Waals surface area contributed by atoms with Crippen LogP contribution in [0.2, 0.25) is 5.02 Å². The minimum absolute atomic E-state index is 0.151. The fraction of sp³-hybridized carbons (Fsp3) is 0.571. The molecule has 5 nitrogen and oxygen atoms in total. The van der Waals surface area contributed by atoms with Gasteiger partial charge < -0.3 is 14.8 Å². The number of ether oxygens (including phenoxy) is 2. The molecule has 2 fully saturated rings. The van der Waals surface area contributed by atoms with Crippen LogP contribution in [0.5, 0.6) is 0 Å². The van der Waals surface area contributed by atoms with Crippen LogP contribution in [0.4, 0.5) is 0 Å². The van der Waals surface area contributed by atoms with Gasteiger partial charge in [0.05, 0.1) is 18.2 Å². The van der Waals surface area contributed by atoms with Crippen LogP contribution in [-0.2, 0) is 9.47 Å². The highest BCUT2D eigenvalue weighted by atomic mass is 35.5. The minimum atomic E-state index is -0.389. The maximum absolute atomic E-state index is 12.1. The van der Waals surface area contributed by atoms with Crippen molar-refractivity contribution >= 4 is 17.5 Å². The van der Waals surface area contributed by atoms with Crippen LogP contribution in [-0.4, -0.2) is 35.9 Å². The Bertz CT molecular complexity index is 476. The zero-order valence-corrected chi connectivity index (χ0v) is 11.9. The van der Waals surface area contributed by atoms with Gasteiger partial charge in [0.1, 0.15) is 5.69 Å². The van der Waals surface area contributed by atoms with Crippen molar-refractivity contribution in [2.75, 3.05) is 13.2 Å². The van der Waals surface area contributed by atoms with Gasteiger partial charge in [-0.05, 0) is 25.0 Å². The van der Waals surface area contributed by atoms with E-state index in [1.54, 1.807) is 12.1 Å². The molecule has 1 amide bonds. The van der Waals surface area contributed by atoms with Gasteiger partial charge in [-0.2, -0.15) is 0 Å². The first kappa shape index (κ1) is 13.8. The fourth-order valence-corrected chi connectivity index (χ4v) is 2.87. The summed E-state index contributed by atoms with van der Waals surface area (Å²) < 4.78 is 11.3. The molecule has 20 heavy (non-hydrogen) atoms. The second-order valence-corrected chi connectivity index (χ2v) is 5.65. The highest BCUT2D eigenvalue weighted by molar-refractivity contribution is 6.30. The van der Waals surface area contributed by atoms with Gasteiger partial charge in [0.2, 0.25) is 0 Å².